The van der Waals surface area contributed by atoms with Crippen LogP contribution in [0.25, 0.3) is 0 Å². The van der Waals surface area contributed by atoms with Crippen LogP contribution in [0.5, 0.6) is 0 Å². The quantitative estimate of drug-likeness (QED) is 0.790. The number of H-pyrrole nitrogens is 1. The molecule has 132 valence electrons. The summed E-state index contributed by atoms with van der Waals surface area (Å²) in [5.41, 5.74) is 2.76. The highest BCUT2D eigenvalue weighted by Gasteiger charge is 2.16. The number of aromatic nitrogens is 1. The summed E-state index contributed by atoms with van der Waals surface area (Å²) in [4.78, 5) is 29.6. The summed E-state index contributed by atoms with van der Waals surface area (Å²) in [6.45, 7) is 3.46. The van der Waals surface area contributed by atoms with Gasteiger partial charge in [0.2, 0.25) is 0 Å². The standard InChI is InChI=1S/C19H24N4O2/c1-14-17(9-10-20-14)18(24)21-15-7-6-8-16(13-15)22-19(25)23-11-4-2-3-5-12-23/h6-10,13,20H,2-5,11-12H2,1H3,(H,21,24)(H,22,25). The second kappa shape index (κ2) is 7.88. The Morgan fingerprint density at radius 1 is 1.00 bits per heavy atom. The molecule has 0 radical (unpaired) electrons. The van der Waals surface area contributed by atoms with Gasteiger partial charge in [-0.05, 0) is 44.0 Å². The van der Waals surface area contributed by atoms with E-state index in [1.165, 1.54) is 12.8 Å². The Bertz CT molecular complexity index is 745. The zero-order chi connectivity index (χ0) is 17.6. The van der Waals surface area contributed by atoms with Gasteiger partial charge < -0.3 is 20.5 Å². The lowest BCUT2D eigenvalue weighted by Gasteiger charge is -2.21. The number of hydrogen-bond acceptors (Lipinski definition) is 2. The van der Waals surface area contributed by atoms with Gasteiger partial charge in [0.05, 0.1) is 5.56 Å². The van der Waals surface area contributed by atoms with Crippen molar-refractivity contribution in [3.05, 3.63) is 47.8 Å². The largest absolute Gasteiger partial charge is 0.365 e. The van der Waals surface area contributed by atoms with Crippen molar-refractivity contribution >= 4 is 23.3 Å². The number of urea groups is 1. The van der Waals surface area contributed by atoms with Gasteiger partial charge in [-0.25, -0.2) is 4.79 Å². The topological polar surface area (TPSA) is 77.2 Å². The smallest absolute Gasteiger partial charge is 0.321 e. The van der Waals surface area contributed by atoms with Crippen molar-refractivity contribution in [1.82, 2.24) is 9.88 Å². The number of carbonyl (C=O) groups is 2. The first-order valence-corrected chi connectivity index (χ1v) is 8.75. The predicted molar refractivity (Wildman–Crippen MR) is 99.0 cm³/mol. The predicted octanol–water partition coefficient (Wildman–Crippen LogP) is 3.98. The molecular formula is C19H24N4O2. The van der Waals surface area contributed by atoms with Gasteiger partial charge in [0, 0.05) is 36.4 Å². The Morgan fingerprint density at radius 2 is 1.68 bits per heavy atom. The van der Waals surface area contributed by atoms with Crippen LogP contribution in [-0.4, -0.2) is 34.9 Å². The highest BCUT2D eigenvalue weighted by atomic mass is 16.2. The number of likely N-dealkylation sites (tertiary alicyclic amines) is 1. The van der Waals surface area contributed by atoms with Gasteiger partial charge in [0.15, 0.2) is 0 Å². The SMILES string of the molecule is Cc1[nH]ccc1C(=O)Nc1cccc(NC(=O)N2CCCCCC2)c1. The van der Waals surface area contributed by atoms with E-state index in [0.717, 1.165) is 31.6 Å². The van der Waals surface area contributed by atoms with Crippen molar-refractivity contribution in [3.8, 4) is 0 Å². The van der Waals surface area contributed by atoms with Gasteiger partial charge in [0.25, 0.3) is 5.91 Å². The summed E-state index contributed by atoms with van der Waals surface area (Å²) in [6, 6.07) is 8.89. The van der Waals surface area contributed by atoms with Crippen LogP contribution in [0.3, 0.4) is 0 Å². The van der Waals surface area contributed by atoms with Crippen LogP contribution >= 0.6 is 0 Å². The molecule has 0 aliphatic carbocycles. The van der Waals surface area contributed by atoms with Crippen LogP contribution in [0.4, 0.5) is 16.2 Å². The van der Waals surface area contributed by atoms with Crippen molar-refractivity contribution < 1.29 is 9.59 Å². The normalized spacial score (nSPS) is 14.7. The second-order valence-electron chi connectivity index (χ2n) is 6.38. The Balaban J connectivity index is 1.64. The van der Waals surface area contributed by atoms with E-state index in [2.05, 4.69) is 15.6 Å². The summed E-state index contributed by atoms with van der Waals surface area (Å²) >= 11 is 0. The first-order chi connectivity index (χ1) is 12.1. The Morgan fingerprint density at radius 3 is 2.32 bits per heavy atom. The molecule has 1 aromatic carbocycles. The van der Waals surface area contributed by atoms with Gasteiger partial charge in [0.1, 0.15) is 0 Å². The lowest BCUT2D eigenvalue weighted by molar-refractivity contribution is 0.102. The molecule has 0 atom stereocenters. The number of nitrogens with one attached hydrogen (secondary N) is 3. The maximum atomic E-state index is 12.4. The molecule has 1 aliphatic heterocycles. The fraction of sp³-hybridized carbons (Fsp3) is 0.368. The summed E-state index contributed by atoms with van der Waals surface area (Å²) in [5.74, 6) is -0.172. The molecule has 1 saturated heterocycles. The second-order valence-corrected chi connectivity index (χ2v) is 6.38. The van der Waals surface area contributed by atoms with Crippen LogP contribution in [0.1, 0.15) is 41.7 Å². The molecule has 1 aliphatic rings. The molecule has 0 unspecified atom stereocenters. The molecule has 0 bridgehead atoms. The van der Waals surface area contributed by atoms with Gasteiger partial charge in [-0.15, -0.1) is 0 Å². The Kier molecular flexibility index (Phi) is 5.38. The molecule has 1 aromatic heterocycles. The monoisotopic (exact) mass is 340 g/mol. The van der Waals surface area contributed by atoms with Crippen molar-refractivity contribution in [1.29, 1.82) is 0 Å². The van der Waals surface area contributed by atoms with Crippen molar-refractivity contribution in [3.63, 3.8) is 0 Å². The maximum Gasteiger partial charge on any atom is 0.321 e. The summed E-state index contributed by atoms with van der Waals surface area (Å²) in [6.07, 6.45) is 6.22. The van der Waals surface area contributed by atoms with E-state index in [1.54, 1.807) is 18.3 Å². The minimum Gasteiger partial charge on any atom is -0.365 e. The van der Waals surface area contributed by atoms with E-state index >= 15 is 0 Å². The minimum atomic E-state index is -0.172. The van der Waals surface area contributed by atoms with Crippen molar-refractivity contribution in [2.24, 2.45) is 0 Å². The van der Waals surface area contributed by atoms with Gasteiger partial charge in [-0.3, -0.25) is 4.79 Å². The average Bonchev–Trinajstić information content (AvgIpc) is 2.85. The summed E-state index contributed by atoms with van der Waals surface area (Å²) in [7, 11) is 0. The first-order valence-electron chi connectivity index (χ1n) is 8.75. The van der Waals surface area contributed by atoms with Crippen LogP contribution in [-0.2, 0) is 0 Å². The molecule has 0 spiro atoms. The van der Waals surface area contributed by atoms with E-state index in [0.29, 0.717) is 16.9 Å². The highest BCUT2D eigenvalue weighted by molar-refractivity contribution is 6.05. The third kappa shape index (κ3) is 4.41. The van der Waals surface area contributed by atoms with Crippen molar-refractivity contribution in [2.45, 2.75) is 32.6 Å². The molecule has 2 aromatic rings. The molecule has 6 nitrogen and oxygen atoms in total. The molecule has 2 heterocycles. The summed E-state index contributed by atoms with van der Waals surface area (Å²) in [5, 5.41) is 5.79. The van der Waals surface area contributed by atoms with E-state index in [9.17, 15) is 9.59 Å². The fourth-order valence-corrected chi connectivity index (χ4v) is 3.05. The van der Waals surface area contributed by atoms with Gasteiger partial charge in [-0.1, -0.05) is 18.9 Å². The van der Waals surface area contributed by atoms with Crippen molar-refractivity contribution in [2.75, 3.05) is 23.7 Å². The fourth-order valence-electron chi connectivity index (χ4n) is 3.05. The zero-order valence-electron chi connectivity index (χ0n) is 14.5. The van der Waals surface area contributed by atoms with E-state index < -0.39 is 0 Å². The van der Waals surface area contributed by atoms with Gasteiger partial charge >= 0.3 is 6.03 Å². The molecular weight excluding hydrogens is 316 g/mol. The molecule has 1 fully saturated rings. The number of carbonyl (C=O) groups excluding carboxylic acids is 2. The third-order valence-electron chi connectivity index (χ3n) is 4.46. The number of nitrogens with zero attached hydrogens (tertiary/aromatic N) is 1. The number of aromatic amines is 1. The number of benzene rings is 1. The van der Waals surface area contributed by atoms with Crippen LogP contribution < -0.4 is 10.6 Å². The number of hydrogen-bond donors (Lipinski definition) is 3. The molecule has 25 heavy (non-hydrogen) atoms. The lowest BCUT2D eigenvalue weighted by Crippen LogP contribution is -2.35. The van der Waals surface area contributed by atoms with E-state index in [-0.39, 0.29) is 11.9 Å². The lowest BCUT2D eigenvalue weighted by atomic mass is 10.2. The average molecular weight is 340 g/mol. The number of anilines is 2. The van der Waals surface area contributed by atoms with Crippen LogP contribution in [0.2, 0.25) is 0 Å². The Hall–Kier alpha value is -2.76. The molecule has 3 rings (SSSR count). The molecule has 6 heteroatoms. The highest BCUT2D eigenvalue weighted by Crippen LogP contribution is 2.18. The summed E-state index contributed by atoms with van der Waals surface area (Å²) < 4.78 is 0. The third-order valence-corrected chi connectivity index (χ3v) is 4.46. The van der Waals surface area contributed by atoms with E-state index in [4.69, 9.17) is 0 Å². The number of rotatable bonds is 3. The van der Waals surface area contributed by atoms with Crippen LogP contribution in [0.15, 0.2) is 36.5 Å². The van der Waals surface area contributed by atoms with Gasteiger partial charge in [-0.2, -0.15) is 0 Å². The Labute approximate surface area is 147 Å². The minimum absolute atomic E-state index is 0.0770. The molecule has 0 saturated carbocycles. The number of aryl methyl sites for hydroxylation is 1. The number of amides is 3. The zero-order valence-corrected chi connectivity index (χ0v) is 14.5. The molecule has 3 N–H and O–H groups in total. The maximum absolute atomic E-state index is 12.4. The first kappa shape index (κ1) is 17.1. The van der Waals surface area contributed by atoms with E-state index in [1.807, 2.05) is 30.0 Å². The van der Waals surface area contributed by atoms with Crippen LogP contribution in [0, 0.1) is 6.92 Å². The molecule has 3 amide bonds.